The molecule has 0 amide bonds. The molecule has 1 aromatic heterocycles. The van der Waals surface area contributed by atoms with E-state index in [1.165, 1.54) is 4.68 Å². The lowest BCUT2D eigenvalue weighted by atomic mass is 9.93. The molecule has 0 aromatic carbocycles. The van der Waals surface area contributed by atoms with Crippen LogP contribution in [0.25, 0.3) is 0 Å². The number of nitrogens with one attached hydrogen (secondary N) is 1. The minimum atomic E-state index is -4.37. The Kier molecular flexibility index (Phi) is 6.14. The number of nitrogens with zero attached hydrogens (tertiary/aromatic N) is 2. The number of hydrogen-bond acceptors (Lipinski definition) is 4. The summed E-state index contributed by atoms with van der Waals surface area (Å²) < 4.78 is 49.3. The molecule has 138 valence electrons. The van der Waals surface area contributed by atoms with E-state index in [4.69, 9.17) is 9.47 Å². The van der Waals surface area contributed by atoms with Crippen molar-refractivity contribution in [2.24, 2.45) is 18.9 Å². The van der Waals surface area contributed by atoms with Gasteiger partial charge in [-0.25, -0.2) is 4.68 Å². The van der Waals surface area contributed by atoms with Gasteiger partial charge in [-0.2, -0.15) is 18.3 Å². The number of halogens is 3. The van der Waals surface area contributed by atoms with E-state index in [0.29, 0.717) is 29.6 Å². The highest BCUT2D eigenvalue weighted by Gasteiger charge is 2.31. The summed E-state index contributed by atoms with van der Waals surface area (Å²) in [5.74, 6) is 1.03. The van der Waals surface area contributed by atoms with E-state index < -0.39 is 12.8 Å². The summed E-state index contributed by atoms with van der Waals surface area (Å²) >= 11 is 0. The second kappa shape index (κ2) is 7.74. The molecule has 0 radical (unpaired) electrons. The Bertz CT molecular complexity index is 543. The van der Waals surface area contributed by atoms with E-state index in [0.717, 1.165) is 19.6 Å². The minimum absolute atomic E-state index is 0.167. The number of hydrogen-bond donors (Lipinski definition) is 1. The van der Waals surface area contributed by atoms with Gasteiger partial charge in [0.05, 0.1) is 17.4 Å². The summed E-state index contributed by atoms with van der Waals surface area (Å²) in [6.07, 6.45) is -3.14. The van der Waals surface area contributed by atoms with Gasteiger partial charge < -0.3 is 14.8 Å². The van der Waals surface area contributed by atoms with Crippen LogP contribution in [0.4, 0.5) is 13.2 Å². The highest BCUT2D eigenvalue weighted by Crippen LogP contribution is 2.27. The molecule has 8 heteroatoms. The Morgan fingerprint density at radius 2 is 2.12 bits per heavy atom. The number of aryl methyl sites for hydroxylation is 2. The molecule has 1 aliphatic heterocycles. The first-order valence-corrected chi connectivity index (χ1v) is 8.23. The molecule has 0 aliphatic carbocycles. The predicted molar refractivity (Wildman–Crippen MR) is 83.9 cm³/mol. The van der Waals surface area contributed by atoms with Gasteiger partial charge in [0.1, 0.15) is 0 Å². The fourth-order valence-corrected chi connectivity index (χ4v) is 3.21. The summed E-state index contributed by atoms with van der Waals surface area (Å²) in [5, 5.41) is 7.49. The van der Waals surface area contributed by atoms with Crippen molar-refractivity contribution in [2.75, 3.05) is 19.8 Å². The maximum absolute atomic E-state index is 12.4. The zero-order valence-electron chi connectivity index (χ0n) is 14.6. The molecule has 0 unspecified atom stereocenters. The molecule has 1 fully saturated rings. The van der Waals surface area contributed by atoms with Gasteiger partial charge in [0.25, 0.3) is 0 Å². The van der Waals surface area contributed by atoms with Crippen LogP contribution in [0.2, 0.25) is 0 Å². The first-order chi connectivity index (χ1) is 11.2. The van der Waals surface area contributed by atoms with Crippen LogP contribution in [0.15, 0.2) is 0 Å². The maximum atomic E-state index is 12.4. The fraction of sp³-hybridized carbons (Fsp3) is 0.812. The van der Waals surface area contributed by atoms with Gasteiger partial charge in [0, 0.05) is 26.7 Å². The van der Waals surface area contributed by atoms with Crippen molar-refractivity contribution in [3.63, 3.8) is 0 Å². The zero-order valence-corrected chi connectivity index (χ0v) is 14.6. The normalized spacial score (nSPS) is 21.7. The van der Waals surface area contributed by atoms with Crippen LogP contribution >= 0.6 is 0 Å². The van der Waals surface area contributed by atoms with E-state index in [-0.39, 0.29) is 12.0 Å². The largest absolute Gasteiger partial charge is 0.468 e. The molecule has 1 saturated heterocycles. The van der Waals surface area contributed by atoms with Crippen molar-refractivity contribution in [2.45, 2.75) is 46.0 Å². The lowest BCUT2D eigenvalue weighted by Crippen LogP contribution is -2.31. The molecule has 5 nitrogen and oxygen atoms in total. The lowest BCUT2D eigenvalue weighted by molar-refractivity contribution is -0.154. The van der Waals surface area contributed by atoms with Crippen molar-refractivity contribution in [3.05, 3.63) is 11.3 Å². The molecule has 2 heterocycles. The first-order valence-electron chi connectivity index (χ1n) is 8.23. The quantitative estimate of drug-likeness (QED) is 0.822. The van der Waals surface area contributed by atoms with Crippen molar-refractivity contribution in [1.82, 2.24) is 15.1 Å². The molecule has 2 rings (SSSR count). The molecule has 0 saturated carbocycles. The number of alkyl halides is 3. The average molecular weight is 349 g/mol. The van der Waals surface area contributed by atoms with Crippen molar-refractivity contribution < 1.29 is 22.6 Å². The smallest absolute Gasteiger partial charge is 0.422 e. The molecule has 1 aliphatic rings. The molecule has 1 aromatic rings. The second-order valence-electron chi connectivity index (χ2n) is 6.66. The minimum Gasteiger partial charge on any atom is -0.468 e. The third kappa shape index (κ3) is 4.86. The molecule has 0 bridgehead atoms. The first kappa shape index (κ1) is 19.1. The predicted octanol–water partition coefficient (Wildman–Crippen LogP) is 2.82. The summed E-state index contributed by atoms with van der Waals surface area (Å²) in [4.78, 5) is 0. The van der Waals surface area contributed by atoms with Gasteiger partial charge in [0.15, 0.2) is 6.61 Å². The number of ether oxygens (including phenoxy) is 2. The van der Waals surface area contributed by atoms with Crippen molar-refractivity contribution in [3.8, 4) is 5.88 Å². The van der Waals surface area contributed by atoms with Crippen molar-refractivity contribution >= 4 is 0 Å². The van der Waals surface area contributed by atoms with Crippen LogP contribution in [0.5, 0.6) is 5.88 Å². The van der Waals surface area contributed by atoms with Gasteiger partial charge >= 0.3 is 6.18 Å². The summed E-state index contributed by atoms with van der Waals surface area (Å²) in [7, 11) is 1.59. The SMILES string of the molecule is Cc1nn(C)c(OCC(F)(F)F)c1CNC[C@H]1CCO[C@@H]1C(C)C. The Labute approximate surface area is 140 Å². The summed E-state index contributed by atoms with van der Waals surface area (Å²) in [6, 6.07) is 0. The molecule has 24 heavy (non-hydrogen) atoms. The lowest BCUT2D eigenvalue weighted by Gasteiger charge is -2.22. The van der Waals surface area contributed by atoms with E-state index >= 15 is 0 Å². The van der Waals surface area contributed by atoms with Crippen LogP contribution in [-0.2, 0) is 18.3 Å². The Hall–Kier alpha value is -1.28. The number of aromatic nitrogens is 2. The molecule has 2 atom stereocenters. The van der Waals surface area contributed by atoms with Crippen LogP contribution in [0.1, 0.15) is 31.5 Å². The summed E-state index contributed by atoms with van der Waals surface area (Å²) in [6.45, 7) is 6.68. The van der Waals surface area contributed by atoms with E-state index in [9.17, 15) is 13.2 Å². The monoisotopic (exact) mass is 349 g/mol. The van der Waals surface area contributed by atoms with Crippen LogP contribution < -0.4 is 10.1 Å². The topological polar surface area (TPSA) is 48.3 Å². The highest BCUT2D eigenvalue weighted by atomic mass is 19.4. The number of rotatable bonds is 7. The average Bonchev–Trinajstić information content (AvgIpc) is 3.02. The Morgan fingerprint density at radius 3 is 2.75 bits per heavy atom. The fourth-order valence-electron chi connectivity index (χ4n) is 3.21. The molecule has 1 N–H and O–H groups in total. The van der Waals surface area contributed by atoms with E-state index in [1.54, 1.807) is 14.0 Å². The standard InChI is InChI=1S/C16H26F3N3O2/c1-10(2)14-12(5-6-23-14)7-20-8-13-11(3)21-22(4)15(13)24-9-16(17,18)19/h10,12,14,20H,5-9H2,1-4H3/t12-,14-/m1/s1. The third-order valence-electron chi connectivity index (χ3n) is 4.29. The highest BCUT2D eigenvalue weighted by molar-refractivity contribution is 5.30. The van der Waals surface area contributed by atoms with Gasteiger partial charge in [-0.3, -0.25) is 0 Å². The summed E-state index contributed by atoms with van der Waals surface area (Å²) in [5.41, 5.74) is 1.34. The van der Waals surface area contributed by atoms with E-state index in [2.05, 4.69) is 24.3 Å². The van der Waals surface area contributed by atoms with Crippen LogP contribution in [0.3, 0.4) is 0 Å². The second-order valence-corrected chi connectivity index (χ2v) is 6.66. The third-order valence-corrected chi connectivity index (χ3v) is 4.29. The molecule has 0 spiro atoms. The zero-order chi connectivity index (χ0) is 17.9. The van der Waals surface area contributed by atoms with Gasteiger partial charge in [0.2, 0.25) is 5.88 Å². The molecular formula is C16H26F3N3O2. The van der Waals surface area contributed by atoms with Gasteiger partial charge in [-0.15, -0.1) is 0 Å². The van der Waals surface area contributed by atoms with Crippen LogP contribution in [-0.4, -0.2) is 41.8 Å². The van der Waals surface area contributed by atoms with Crippen molar-refractivity contribution in [1.29, 1.82) is 0 Å². The van der Waals surface area contributed by atoms with Gasteiger partial charge in [-0.1, -0.05) is 13.8 Å². The van der Waals surface area contributed by atoms with Gasteiger partial charge in [-0.05, 0) is 25.2 Å². The Morgan fingerprint density at radius 1 is 1.42 bits per heavy atom. The van der Waals surface area contributed by atoms with Crippen LogP contribution in [0, 0.1) is 18.8 Å². The Balaban J connectivity index is 1.94. The maximum Gasteiger partial charge on any atom is 0.422 e. The molecular weight excluding hydrogens is 323 g/mol. The van der Waals surface area contributed by atoms with E-state index in [1.807, 2.05) is 0 Å².